The Hall–Kier alpha value is -0.0800. The fourth-order valence-corrected chi connectivity index (χ4v) is 1.46. The Morgan fingerprint density at radius 1 is 1.25 bits per heavy atom. The van der Waals surface area contributed by atoms with Gasteiger partial charge >= 0.3 is 0 Å². The zero-order valence-electron chi connectivity index (χ0n) is 9.04. The van der Waals surface area contributed by atoms with Crippen molar-refractivity contribution in [2.45, 2.75) is 58.7 Å². The Morgan fingerprint density at radius 2 is 1.75 bits per heavy atom. The van der Waals surface area contributed by atoms with Crippen molar-refractivity contribution in [3.05, 3.63) is 0 Å². The molecule has 0 aromatic heterocycles. The third kappa shape index (κ3) is 3.55. The Labute approximate surface area is 76.6 Å². The number of nitrogens with zero attached hydrogens (tertiary/aromatic N) is 1. The van der Waals surface area contributed by atoms with Gasteiger partial charge in [-0.25, -0.2) is 0 Å². The third-order valence-corrected chi connectivity index (χ3v) is 2.48. The molecular formula is C10H23NO. The van der Waals surface area contributed by atoms with Crippen LogP contribution in [-0.2, 0) is 0 Å². The van der Waals surface area contributed by atoms with Crippen LogP contribution in [0.1, 0.15) is 40.5 Å². The van der Waals surface area contributed by atoms with Crippen molar-refractivity contribution in [1.29, 1.82) is 0 Å². The van der Waals surface area contributed by atoms with Gasteiger partial charge in [0.15, 0.2) is 0 Å². The van der Waals surface area contributed by atoms with Gasteiger partial charge in [-0.05, 0) is 34.2 Å². The number of likely N-dealkylation sites (N-methyl/N-ethyl adjacent to an activating group) is 1. The highest BCUT2D eigenvalue weighted by Gasteiger charge is 2.20. The summed E-state index contributed by atoms with van der Waals surface area (Å²) in [6, 6.07) is 0.825. The topological polar surface area (TPSA) is 23.5 Å². The van der Waals surface area contributed by atoms with Crippen LogP contribution in [0.2, 0.25) is 0 Å². The molecule has 0 aromatic rings. The number of aliphatic hydroxyl groups excluding tert-OH is 1. The van der Waals surface area contributed by atoms with E-state index < -0.39 is 0 Å². The summed E-state index contributed by atoms with van der Waals surface area (Å²) in [5.74, 6) is 0. The van der Waals surface area contributed by atoms with E-state index in [1.807, 2.05) is 6.92 Å². The lowest BCUT2D eigenvalue weighted by atomic mass is 10.0. The summed E-state index contributed by atoms with van der Waals surface area (Å²) in [7, 11) is 2.08. The fraction of sp³-hybridized carbons (Fsp3) is 1.00. The molecule has 0 spiro atoms. The van der Waals surface area contributed by atoms with Crippen LogP contribution in [0.4, 0.5) is 0 Å². The Kier molecular flexibility index (Phi) is 5.51. The first-order valence-electron chi connectivity index (χ1n) is 4.90. The van der Waals surface area contributed by atoms with Crippen LogP contribution in [-0.4, -0.2) is 35.2 Å². The van der Waals surface area contributed by atoms with Gasteiger partial charge < -0.3 is 5.11 Å². The molecule has 0 saturated carbocycles. The molecule has 12 heavy (non-hydrogen) atoms. The van der Waals surface area contributed by atoms with Gasteiger partial charge in [-0.15, -0.1) is 0 Å². The van der Waals surface area contributed by atoms with Crippen LogP contribution >= 0.6 is 0 Å². The molecule has 0 saturated heterocycles. The molecule has 0 aliphatic heterocycles. The van der Waals surface area contributed by atoms with E-state index in [2.05, 4.69) is 32.7 Å². The maximum absolute atomic E-state index is 9.52. The highest BCUT2D eigenvalue weighted by atomic mass is 16.3. The monoisotopic (exact) mass is 173 g/mol. The van der Waals surface area contributed by atoms with Crippen molar-refractivity contribution < 1.29 is 5.11 Å². The molecule has 2 atom stereocenters. The number of aliphatic hydroxyl groups is 1. The summed E-state index contributed by atoms with van der Waals surface area (Å²) in [4.78, 5) is 2.24. The average molecular weight is 173 g/mol. The first-order chi connectivity index (χ1) is 5.50. The van der Waals surface area contributed by atoms with E-state index in [4.69, 9.17) is 0 Å². The van der Waals surface area contributed by atoms with Gasteiger partial charge in [0.1, 0.15) is 0 Å². The van der Waals surface area contributed by atoms with E-state index in [-0.39, 0.29) is 6.10 Å². The van der Waals surface area contributed by atoms with Crippen molar-refractivity contribution in [2.24, 2.45) is 0 Å². The normalized spacial score (nSPS) is 17.0. The summed E-state index contributed by atoms with van der Waals surface area (Å²) in [6.45, 7) is 8.35. The second kappa shape index (κ2) is 5.55. The molecule has 2 heteroatoms. The molecule has 0 aromatic carbocycles. The molecular weight excluding hydrogens is 150 g/mol. The van der Waals surface area contributed by atoms with E-state index in [1.165, 1.54) is 0 Å². The highest BCUT2D eigenvalue weighted by Crippen LogP contribution is 2.12. The lowest BCUT2D eigenvalue weighted by Gasteiger charge is -2.33. The lowest BCUT2D eigenvalue weighted by Crippen LogP contribution is -2.43. The van der Waals surface area contributed by atoms with Crippen molar-refractivity contribution in [2.75, 3.05) is 7.05 Å². The van der Waals surface area contributed by atoms with Crippen LogP contribution in [0.25, 0.3) is 0 Å². The lowest BCUT2D eigenvalue weighted by molar-refractivity contribution is 0.0542. The summed E-state index contributed by atoms with van der Waals surface area (Å²) in [5, 5.41) is 9.52. The predicted molar refractivity (Wildman–Crippen MR) is 53.3 cm³/mol. The molecule has 0 bridgehead atoms. The molecule has 0 fully saturated rings. The van der Waals surface area contributed by atoms with E-state index in [9.17, 15) is 5.11 Å². The third-order valence-electron chi connectivity index (χ3n) is 2.48. The Balaban J connectivity index is 4.09. The van der Waals surface area contributed by atoms with Gasteiger partial charge in [0.05, 0.1) is 6.10 Å². The minimum atomic E-state index is -0.225. The van der Waals surface area contributed by atoms with Crippen LogP contribution in [0.3, 0.4) is 0 Å². The number of hydrogen-bond donors (Lipinski definition) is 1. The summed E-state index contributed by atoms with van der Waals surface area (Å²) in [5.41, 5.74) is 0. The van der Waals surface area contributed by atoms with E-state index >= 15 is 0 Å². The second-order valence-corrected chi connectivity index (χ2v) is 3.86. The molecule has 74 valence electrons. The SMILES string of the molecule is CCCC(C(C)O)N(C)C(C)C. The molecule has 0 amide bonds. The molecule has 2 nitrogen and oxygen atoms in total. The van der Waals surface area contributed by atoms with Crippen LogP contribution in [0.5, 0.6) is 0 Å². The maximum atomic E-state index is 9.52. The van der Waals surface area contributed by atoms with Gasteiger partial charge in [0.2, 0.25) is 0 Å². The molecule has 0 aliphatic carbocycles. The molecule has 0 radical (unpaired) electrons. The minimum absolute atomic E-state index is 0.225. The first-order valence-corrected chi connectivity index (χ1v) is 4.90. The largest absolute Gasteiger partial charge is 0.392 e. The molecule has 0 aliphatic rings. The van der Waals surface area contributed by atoms with E-state index in [1.54, 1.807) is 0 Å². The molecule has 2 unspecified atom stereocenters. The van der Waals surface area contributed by atoms with Crippen molar-refractivity contribution in [1.82, 2.24) is 4.90 Å². The van der Waals surface area contributed by atoms with Gasteiger partial charge in [-0.1, -0.05) is 13.3 Å². The zero-order chi connectivity index (χ0) is 9.72. The second-order valence-electron chi connectivity index (χ2n) is 3.86. The Bertz CT molecular complexity index is 112. The molecule has 0 heterocycles. The zero-order valence-corrected chi connectivity index (χ0v) is 9.04. The number of rotatable bonds is 5. The Morgan fingerprint density at radius 3 is 2.00 bits per heavy atom. The summed E-state index contributed by atoms with van der Waals surface area (Å²) in [6.07, 6.45) is 1.98. The molecule has 1 N–H and O–H groups in total. The van der Waals surface area contributed by atoms with Crippen LogP contribution < -0.4 is 0 Å². The van der Waals surface area contributed by atoms with Gasteiger partial charge in [0, 0.05) is 12.1 Å². The van der Waals surface area contributed by atoms with Crippen molar-refractivity contribution in [3.8, 4) is 0 Å². The molecule has 0 rings (SSSR count). The fourth-order valence-electron chi connectivity index (χ4n) is 1.46. The van der Waals surface area contributed by atoms with E-state index in [0.717, 1.165) is 12.8 Å². The summed E-state index contributed by atoms with van der Waals surface area (Å²) >= 11 is 0. The standard InChI is InChI=1S/C10H23NO/c1-6-7-10(9(4)12)11(5)8(2)3/h8-10,12H,6-7H2,1-5H3. The first kappa shape index (κ1) is 11.9. The quantitative estimate of drug-likeness (QED) is 0.686. The van der Waals surface area contributed by atoms with Crippen LogP contribution in [0, 0.1) is 0 Å². The number of hydrogen-bond acceptors (Lipinski definition) is 2. The van der Waals surface area contributed by atoms with E-state index in [0.29, 0.717) is 12.1 Å². The maximum Gasteiger partial charge on any atom is 0.0667 e. The van der Waals surface area contributed by atoms with Gasteiger partial charge in [-0.2, -0.15) is 0 Å². The minimum Gasteiger partial charge on any atom is -0.392 e. The van der Waals surface area contributed by atoms with Gasteiger partial charge in [-0.3, -0.25) is 4.90 Å². The van der Waals surface area contributed by atoms with Crippen molar-refractivity contribution >= 4 is 0 Å². The summed E-state index contributed by atoms with van der Waals surface area (Å²) < 4.78 is 0. The van der Waals surface area contributed by atoms with Crippen molar-refractivity contribution in [3.63, 3.8) is 0 Å². The predicted octanol–water partition coefficient (Wildman–Crippen LogP) is 1.88. The van der Waals surface area contributed by atoms with Gasteiger partial charge in [0.25, 0.3) is 0 Å². The average Bonchev–Trinajstić information content (AvgIpc) is 1.98. The highest BCUT2D eigenvalue weighted by molar-refractivity contribution is 4.75. The smallest absolute Gasteiger partial charge is 0.0667 e. The van der Waals surface area contributed by atoms with Crippen LogP contribution in [0.15, 0.2) is 0 Å².